The van der Waals surface area contributed by atoms with Gasteiger partial charge >= 0.3 is 0 Å². The van der Waals surface area contributed by atoms with Crippen LogP contribution in [0.15, 0.2) is 48.5 Å². The highest BCUT2D eigenvalue weighted by atomic mass is 16.5. The van der Waals surface area contributed by atoms with E-state index in [2.05, 4.69) is 36.2 Å². The maximum atomic E-state index is 12.0. The second-order valence-electron chi connectivity index (χ2n) is 9.71. The number of ether oxygens (including phenoxy) is 4. The number of para-hydroxylation sites is 1. The fourth-order valence-corrected chi connectivity index (χ4v) is 4.60. The monoisotopic (exact) mass is 579 g/mol. The summed E-state index contributed by atoms with van der Waals surface area (Å²) in [6, 6.07) is 15.2. The largest absolute Gasteiger partial charge is 0.493 e. The van der Waals surface area contributed by atoms with Crippen LogP contribution in [0.1, 0.15) is 41.6 Å². The highest BCUT2D eigenvalue weighted by molar-refractivity contribution is 5.94. The molecule has 1 aliphatic carbocycles. The first-order valence-corrected chi connectivity index (χ1v) is 14.3. The Kier molecular flexibility index (Phi) is 12.4. The molecule has 4 N–H and O–H groups in total. The van der Waals surface area contributed by atoms with Crippen LogP contribution in [0, 0.1) is 0 Å². The number of hydrogen-bond acceptors (Lipinski definition) is 11. The average molecular weight is 580 g/mol. The molecule has 1 fully saturated rings. The highest BCUT2D eigenvalue weighted by Gasteiger charge is 2.17. The minimum absolute atomic E-state index is 0.111. The van der Waals surface area contributed by atoms with Gasteiger partial charge < -0.3 is 40.2 Å². The predicted octanol–water partition coefficient (Wildman–Crippen LogP) is 3.73. The molecule has 1 amide bonds. The summed E-state index contributed by atoms with van der Waals surface area (Å²) in [7, 11) is 3.24. The Balaban J connectivity index is 1.20. The Bertz CT molecular complexity index is 1240. The van der Waals surface area contributed by atoms with E-state index in [9.17, 15) is 4.79 Å². The summed E-state index contributed by atoms with van der Waals surface area (Å²) in [6.07, 6.45) is 4.62. The third kappa shape index (κ3) is 9.74. The van der Waals surface area contributed by atoms with E-state index in [0.29, 0.717) is 87.0 Å². The zero-order valence-electron chi connectivity index (χ0n) is 24.4. The van der Waals surface area contributed by atoms with E-state index in [0.717, 1.165) is 18.4 Å². The number of carbonyl (C=O) groups excluding carboxylic acids is 1. The van der Waals surface area contributed by atoms with E-state index in [1.807, 2.05) is 36.4 Å². The molecule has 226 valence electrons. The molecule has 4 rings (SSSR count). The van der Waals surface area contributed by atoms with Crippen LogP contribution in [0.2, 0.25) is 0 Å². The van der Waals surface area contributed by atoms with Gasteiger partial charge in [-0.05, 0) is 31.0 Å². The topological polar surface area (TPSA) is 141 Å². The molecule has 0 radical (unpaired) electrons. The molecule has 2 aromatic carbocycles. The first-order chi connectivity index (χ1) is 20.7. The van der Waals surface area contributed by atoms with Crippen LogP contribution >= 0.6 is 0 Å². The Morgan fingerprint density at radius 2 is 1.48 bits per heavy atom. The van der Waals surface area contributed by atoms with Crippen LogP contribution in [0.4, 0.5) is 17.8 Å². The maximum Gasteiger partial charge on any atom is 0.251 e. The Hall–Kier alpha value is -4.16. The van der Waals surface area contributed by atoms with E-state index >= 15 is 0 Å². The molecule has 0 saturated heterocycles. The summed E-state index contributed by atoms with van der Waals surface area (Å²) >= 11 is 0. The lowest BCUT2D eigenvalue weighted by Crippen LogP contribution is -2.27. The molecule has 3 aromatic rings. The smallest absolute Gasteiger partial charge is 0.251 e. The predicted molar refractivity (Wildman–Crippen MR) is 161 cm³/mol. The number of nitrogens with zero attached hydrogens (tertiary/aromatic N) is 3. The lowest BCUT2D eigenvalue weighted by Gasteiger charge is -2.16. The van der Waals surface area contributed by atoms with Gasteiger partial charge in [-0.3, -0.25) is 4.79 Å². The molecule has 12 nitrogen and oxygen atoms in total. The third-order valence-electron chi connectivity index (χ3n) is 6.71. The van der Waals surface area contributed by atoms with E-state index in [1.54, 1.807) is 26.4 Å². The standard InChI is InChI=1S/C30H41N7O5/c1-39-25-14-8-11-23(26(25)40-2)21-33-29-35-28(36-30(37-29)34-24-12-6-7-13-24)32-16-18-42-20-19-41-17-15-31-27(38)22-9-4-3-5-10-22/h3-5,8-11,14,24H,6-7,12-13,15-21H2,1-2H3,(H,31,38)(H3,32,33,34,35,36,37). The molecule has 12 heteroatoms. The number of rotatable bonds is 18. The van der Waals surface area contributed by atoms with Crippen molar-refractivity contribution in [2.75, 3.05) is 69.7 Å². The van der Waals surface area contributed by atoms with Crippen molar-refractivity contribution in [3.05, 3.63) is 59.7 Å². The second kappa shape index (κ2) is 16.9. The molecule has 0 aliphatic heterocycles. The van der Waals surface area contributed by atoms with Crippen LogP contribution in [-0.4, -0.2) is 80.6 Å². The van der Waals surface area contributed by atoms with Crippen molar-refractivity contribution in [2.24, 2.45) is 0 Å². The zero-order valence-corrected chi connectivity index (χ0v) is 24.4. The number of methoxy groups -OCH3 is 2. The van der Waals surface area contributed by atoms with Crippen LogP contribution in [0.25, 0.3) is 0 Å². The van der Waals surface area contributed by atoms with E-state index in [-0.39, 0.29) is 5.91 Å². The van der Waals surface area contributed by atoms with Gasteiger partial charge in [-0.2, -0.15) is 15.0 Å². The van der Waals surface area contributed by atoms with Crippen molar-refractivity contribution in [1.82, 2.24) is 20.3 Å². The summed E-state index contributed by atoms with van der Waals surface area (Å²) in [4.78, 5) is 25.7. The van der Waals surface area contributed by atoms with Crippen molar-refractivity contribution in [2.45, 2.75) is 38.3 Å². The van der Waals surface area contributed by atoms with Gasteiger partial charge in [0.1, 0.15) is 0 Å². The fraction of sp³-hybridized carbons (Fsp3) is 0.467. The van der Waals surface area contributed by atoms with Crippen molar-refractivity contribution < 1.29 is 23.7 Å². The summed E-state index contributed by atoms with van der Waals surface area (Å²) in [5.74, 6) is 2.67. The number of carbonyl (C=O) groups is 1. The van der Waals surface area contributed by atoms with Gasteiger partial charge in [0.2, 0.25) is 17.8 Å². The molecule has 1 aromatic heterocycles. The quantitative estimate of drug-likeness (QED) is 0.164. The van der Waals surface area contributed by atoms with Crippen molar-refractivity contribution in [3.8, 4) is 11.5 Å². The molecule has 0 spiro atoms. The van der Waals surface area contributed by atoms with Crippen molar-refractivity contribution >= 4 is 23.8 Å². The molecule has 1 saturated carbocycles. The molecule has 1 aliphatic rings. The first-order valence-electron chi connectivity index (χ1n) is 14.3. The highest BCUT2D eigenvalue weighted by Crippen LogP contribution is 2.31. The molecule has 0 atom stereocenters. The Morgan fingerprint density at radius 3 is 2.19 bits per heavy atom. The number of amides is 1. The number of aromatic nitrogens is 3. The number of benzene rings is 2. The maximum absolute atomic E-state index is 12.0. The van der Waals surface area contributed by atoms with Gasteiger partial charge in [0.25, 0.3) is 5.91 Å². The molecule has 0 unspecified atom stereocenters. The summed E-state index contributed by atoms with van der Waals surface area (Å²) in [5, 5.41) is 12.8. The van der Waals surface area contributed by atoms with Gasteiger partial charge in [0, 0.05) is 36.8 Å². The lowest BCUT2D eigenvalue weighted by molar-refractivity contribution is 0.0519. The van der Waals surface area contributed by atoms with Crippen LogP contribution in [-0.2, 0) is 16.0 Å². The van der Waals surface area contributed by atoms with Gasteiger partial charge in [-0.15, -0.1) is 0 Å². The van der Waals surface area contributed by atoms with Gasteiger partial charge in [-0.25, -0.2) is 0 Å². The van der Waals surface area contributed by atoms with Crippen LogP contribution < -0.4 is 30.7 Å². The minimum Gasteiger partial charge on any atom is -0.493 e. The lowest BCUT2D eigenvalue weighted by atomic mass is 10.2. The van der Waals surface area contributed by atoms with E-state index < -0.39 is 0 Å². The van der Waals surface area contributed by atoms with Crippen molar-refractivity contribution in [3.63, 3.8) is 0 Å². The fourth-order valence-electron chi connectivity index (χ4n) is 4.60. The van der Waals surface area contributed by atoms with Crippen LogP contribution in [0.5, 0.6) is 11.5 Å². The van der Waals surface area contributed by atoms with Gasteiger partial charge in [0.15, 0.2) is 11.5 Å². The average Bonchev–Trinajstić information content (AvgIpc) is 3.54. The number of anilines is 3. The van der Waals surface area contributed by atoms with Gasteiger partial charge in [-0.1, -0.05) is 43.2 Å². The number of hydrogen-bond donors (Lipinski definition) is 4. The van der Waals surface area contributed by atoms with E-state index in [1.165, 1.54) is 12.8 Å². The minimum atomic E-state index is -0.111. The second-order valence-corrected chi connectivity index (χ2v) is 9.71. The molecule has 0 bridgehead atoms. The molecule has 1 heterocycles. The normalized spacial score (nSPS) is 13.0. The van der Waals surface area contributed by atoms with Crippen molar-refractivity contribution in [1.29, 1.82) is 0 Å². The summed E-state index contributed by atoms with van der Waals surface area (Å²) in [6.45, 7) is 3.15. The number of nitrogens with one attached hydrogen (secondary N) is 4. The SMILES string of the molecule is COc1cccc(CNc2nc(NCCOCCOCCNC(=O)c3ccccc3)nc(NC3CCCC3)n2)c1OC. The third-order valence-corrected chi connectivity index (χ3v) is 6.71. The summed E-state index contributed by atoms with van der Waals surface area (Å²) in [5.41, 5.74) is 1.55. The molecular weight excluding hydrogens is 538 g/mol. The Labute approximate surface area is 246 Å². The first kappa shape index (κ1) is 30.8. The van der Waals surface area contributed by atoms with Crippen LogP contribution in [0.3, 0.4) is 0 Å². The van der Waals surface area contributed by atoms with Gasteiger partial charge in [0.05, 0.1) is 40.6 Å². The molecule has 42 heavy (non-hydrogen) atoms. The Morgan fingerprint density at radius 1 is 0.786 bits per heavy atom. The molecular formula is C30H41N7O5. The van der Waals surface area contributed by atoms with E-state index in [4.69, 9.17) is 18.9 Å². The summed E-state index contributed by atoms with van der Waals surface area (Å²) < 4.78 is 22.2. The zero-order chi connectivity index (χ0) is 29.4.